The highest BCUT2D eigenvalue weighted by atomic mass is 16.5. The molecular formula is C22H18O2. The zero-order valence-corrected chi connectivity index (χ0v) is 13.3. The molecule has 0 aliphatic rings. The van der Waals surface area contributed by atoms with Gasteiger partial charge in [0.1, 0.15) is 6.61 Å². The van der Waals surface area contributed by atoms with Gasteiger partial charge in [-0.2, -0.15) is 0 Å². The third-order valence-corrected chi connectivity index (χ3v) is 3.63. The summed E-state index contributed by atoms with van der Waals surface area (Å²) in [7, 11) is 0. The summed E-state index contributed by atoms with van der Waals surface area (Å²) < 4.78 is 5.24. The van der Waals surface area contributed by atoms with Crippen LogP contribution in [0.2, 0.25) is 0 Å². The standard InChI is InChI=1S/C22H18O2/c23-22(24-17-19-8-3-1-4-9-19)15-14-18-10-7-13-21(16-18)20-11-5-2-6-12-20/h1-16H,17H2/b15-14+. The van der Waals surface area contributed by atoms with Crippen LogP contribution >= 0.6 is 0 Å². The maximum Gasteiger partial charge on any atom is 0.331 e. The molecule has 0 radical (unpaired) electrons. The fourth-order valence-corrected chi connectivity index (χ4v) is 2.39. The summed E-state index contributed by atoms with van der Waals surface area (Å²) in [6, 6.07) is 27.9. The molecule has 0 spiro atoms. The summed E-state index contributed by atoms with van der Waals surface area (Å²) in [6.07, 6.45) is 3.24. The van der Waals surface area contributed by atoms with Gasteiger partial charge in [0.2, 0.25) is 0 Å². The predicted molar refractivity (Wildman–Crippen MR) is 97.2 cm³/mol. The Hall–Kier alpha value is -3.13. The molecule has 0 heterocycles. The van der Waals surface area contributed by atoms with Gasteiger partial charge in [0.25, 0.3) is 0 Å². The molecule has 0 N–H and O–H groups in total. The molecule has 3 aromatic carbocycles. The number of benzene rings is 3. The fourth-order valence-electron chi connectivity index (χ4n) is 2.39. The van der Waals surface area contributed by atoms with Crippen molar-refractivity contribution in [1.82, 2.24) is 0 Å². The highest BCUT2D eigenvalue weighted by Crippen LogP contribution is 2.20. The van der Waals surface area contributed by atoms with Crippen LogP contribution in [-0.4, -0.2) is 5.97 Å². The van der Waals surface area contributed by atoms with Gasteiger partial charge in [-0.1, -0.05) is 78.9 Å². The molecule has 2 heteroatoms. The van der Waals surface area contributed by atoms with Gasteiger partial charge < -0.3 is 4.74 Å². The number of carbonyl (C=O) groups is 1. The molecule has 118 valence electrons. The summed E-state index contributed by atoms with van der Waals surface area (Å²) in [6.45, 7) is 0.286. The average Bonchev–Trinajstić information content (AvgIpc) is 2.66. The van der Waals surface area contributed by atoms with Crippen molar-refractivity contribution in [3.63, 3.8) is 0 Å². The van der Waals surface area contributed by atoms with Crippen LogP contribution in [0.3, 0.4) is 0 Å². The minimum Gasteiger partial charge on any atom is -0.458 e. The van der Waals surface area contributed by atoms with Gasteiger partial charge >= 0.3 is 5.97 Å². The van der Waals surface area contributed by atoms with E-state index in [0.717, 1.165) is 22.3 Å². The van der Waals surface area contributed by atoms with E-state index in [-0.39, 0.29) is 12.6 Å². The van der Waals surface area contributed by atoms with Crippen molar-refractivity contribution in [3.8, 4) is 11.1 Å². The Labute approximate surface area is 142 Å². The SMILES string of the molecule is O=C(/C=C/c1cccc(-c2ccccc2)c1)OCc1ccccc1. The highest BCUT2D eigenvalue weighted by molar-refractivity contribution is 5.87. The van der Waals surface area contributed by atoms with Gasteiger partial charge in [-0.05, 0) is 34.4 Å². The van der Waals surface area contributed by atoms with Crippen molar-refractivity contribution in [2.45, 2.75) is 6.61 Å². The van der Waals surface area contributed by atoms with Gasteiger partial charge in [-0.25, -0.2) is 4.79 Å². The summed E-state index contributed by atoms with van der Waals surface area (Å²) >= 11 is 0. The van der Waals surface area contributed by atoms with Gasteiger partial charge in [-0.15, -0.1) is 0 Å². The predicted octanol–water partition coefficient (Wildman–Crippen LogP) is 5.11. The summed E-state index contributed by atoms with van der Waals surface area (Å²) in [5.41, 5.74) is 4.22. The molecule has 3 aromatic rings. The Morgan fingerprint density at radius 1 is 0.792 bits per heavy atom. The second kappa shape index (κ2) is 7.93. The number of hydrogen-bond donors (Lipinski definition) is 0. The molecule has 0 unspecified atom stereocenters. The van der Waals surface area contributed by atoms with Crippen LogP contribution in [0.25, 0.3) is 17.2 Å². The van der Waals surface area contributed by atoms with Gasteiger partial charge in [0.05, 0.1) is 0 Å². The molecule has 0 fully saturated rings. The van der Waals surface area contributed by atoms with E-state index < -0.39 is 0 Å². The van der Waals surface area contributed by atoms with Crippen LogP contribution in [-0.2, 0) is 16.1 Å². The van der Waals surface area contributed by atoms with E-state index in [2.05, 4.69) is 24.3 Å². The molecule has 0 aliphatic carbocycles. The van der Waals surface area contributed by atoms with Crippen molar-refractivity contribution in [2.75, 3.05) is 0 Å². The van der Waals surface area contributed by atoms with E-state index in [0.29, 0.717) is 0 Å². The molecular weight excluding hydrogens is 296 g/mol. The van der Waals surface area contributed by atoms with Crippen LogP contribution in [0, 0.1) is 0 Å². The monoisotopic (exact) mass is 314 g/mol. The van der Waals surface area contributed by atoms with Gasteiger partial charge in [-0.3, -0.25) is 0 Å². The van der Waals surface area contributed by atoms with Crippen molar-refractivity contribution in [1.29, 1.82) is 0 Å². The molecule has 0 aromatic heterocycles. The van der Waals surface area contributed by atoms with Crippen molar-refractivity contribution in [2.24, 2.45) is 0 Å². The Bertz CT molecular complexity index is 821. The molecule has 0 aliphatic heterocycles. The number of esters is 1. The Morgan fingerprint density at radius 3 is 2.21 bits per heavy atom. The van der Waals surface area contributed by atoms with Crippen molar-refractivity contribution < 1.29 is 9.53 Å². The van der Waals surface area contributed by atoms with Crippen LogP contribution < -0.4 is 0 Å². The second-order valence-electron chi connectivity index (χ2n) is 5.42. The molecule has 0 amide bonds. The Balaban J connectivity index is 1.63. The van der Waals surface area contributed by atoms with Crippen LogP contribution in [0.15, 0.2) is 91.0 Å². The van der Waals surface area contributed by atoms with Crippen LogP contribution in [0.5, 0.6) is 0 Å². The molecule has 2 nitrogen and oxygen atoms in total. The third kappa shape index (κ3) is 4.43. The molecule has 3 rings (SSSR count). The zero-order valence-electron chi connectivity index (χ0n) is 13.3. The van der Waals surface area contributed by atoms with Gasteiger partial charge in [0.15, 0.2) is 0 Å². The van der Waals surface area contributed by atoms with Gasteiger partial charge in [0, 0.05) is 6.08 Å². The zero-order chi connectivity index (χ0) is 16.6. The molecule has 0 saturated heterocycles. The summed E-state index contributed by atoms with van der Waals surface area (Å²) in [4.78, 5) is 11.8. The third-order valence-electron chi connectivity index (χ3n) is 3.63. The van der Waals surface area contributed by atoms with E-state index in [4.69, 9.17) is 4.74 Å². The van der Waals surface area contributed by atoms with E-state index in [1.165, 1.54) is 6.08 Å². The lowest BCUT2D eigenvalue weighted by Gasteiger charge is -2.03. The van der Waals surface area contributed by atoms with Crippen LogP contribution in [0.4, 0.5) is 0 Å². The number of ether oxygens (including phenoxy) is 1. The number of hydrogen-bond acceptors (Lipinski definition) is 2. The average molecular weight is 314 g/mol. The normalized spacial score (nSPS) is 10.7. The quantitative estimate of drug-likeness (QED) is 0.483. The first-order valence-corrected chi connectivity index (χ1v) is 7.85. The van der Waals surface area contributed by atoms with Crippen molar-refractivity contribution in [3.05, 3.63) is 102 Å². The topological polar surface area (TPSA) is 26.3 Å². The fraction of sp³-hybridized carbons (Fsp3) is 0.0455. The van der Waals surface area contributed by atoms with E-state index in [9.17, 15) is 4.79 Å². The smallest absolute Gasteiger partial charge is 0.331 e. The minimum absolute atomic E-state index is 0.286. The number of rotatable bonds is 5. The van der Waals surface area contributed by atoms with E-state index >= 15 is 0 Å². The largest absolute Gasteiger partial charge is 0.458 e. The Morgan fingerprint density at radius 2 is 1.46 bits per heavy atom. The van der Waals surface area contributed by atoms with Crippen molar-refractivity contribution >= 4 is 12.0 Å². The minimum atomic E-state index is -0.344. The maximum absolute atomic E-state index is 11.8. The summed E-state index contributed by atoms with van der Waals surface area (Å²) in [5, 5.41) is 0. The summed E-state index contributed by atoms with van der Waals surface area (Å²) in [5.74, 6) is -0.344. The lowest BCUT2D eigenvalue weighted by molar-refractivity contribution is -0.138. The molecule has 24 heavy (non-hydrogen) atoms. The van der Waals surface area contributed by atoms with E-state index in [1.807, 2.05) is 60.7 Å². The first-order valence-electron chi connectivity index (χ1n) is 7.85. The first-order chi connectivity index (χ1) is 11.8. The lowest BCUT2D eigenvalue weighted by Crippen LogP contribution is -2.00. The maximum atomic E-state index is 11.8. The lowest BCUT2D eigenvalue weighted by atomic mass is 10.0. The first kappa shape index (κ1) is 15.8. The van der Waals surface area contributed by atoms with Crippen LogP contribution in [0.1, 0.15) is 11.1 Å². The molecule has 0 bridgehead atoms. The number of carbonyl (C=O) groups excluding carboxylic acids is 1. The van der Waals surface area contributed by atoms with E-state index in [1.54, 1.807) is 6.08 Å². The second-order valence-corrected chi connectivity index (χ2v) is 5.42. The molecule has 0 atom stereocenters. The molecule has 0 saturated carbocycles. The highest BCUT2D eigenvalue weighted by Gasteiger charge is 2.00. The Kier molecular flexibility index (Phi) is 5.21.